The van der Waals surface area contributed by atoms with E-state index >= 15 is 0 Å². The standard InChI is InChI=1S/C26H29N5O5/c27-24(33)20-5-4-17(14-28-20)36-13-10-16-8-11-30(12-9-16)21-3-1-2-18-19(21)15-31(26(18)35)22-6-7-23(32)29-25(22)34/h1-5,14,16,22H,6-13,15H2,(H2,27,33)(H,29,32,34). The predicted molar refractivity (Wildman–Crippen MR) is 130 cm³/mol. The minimum atomic E-state index is -0.608. The Morgan fingerprint density at radius 3 is 2.61 bits per heavy atom. The molecule has 0 bridgehead atoms. The molecular formula is C26H29N5O5. The van der Waals surface area contributed by atoms with Crippen LogP contribution in [0.3, 0.4) is 0 Å². The number of piperidine rings is 2. The van der Waals surface area contributed by atoms with Gasteiger partial charge >= 0.3 is 0 Å². The van der Waals surface area contributed by atoms with Gasteiger partial charge in [0.25, 0.3) is 11.8 Å². The van der Waals surface area contributed by atoms with Crippen molar-refractivity contribution in [3.05, 3.63) is 53.3 Å². The Morgan fingerprint density at radius 1 is 1.11 bits per heavy atom. The molecule has 3 aliphatic rings. The molecule has 2 saturated heterocycles. The van der Waals surface area contributed by atoms with Crippen molar-refractivity contribution in [3.8, 4) is 5.75 Å². The van der Waals surface area contributed by atoms with Crippen LogP contribution in [0.5, 0.6) is 5.75 Å². The first-order valence-corrected chi connectivity index (χ1v) is 12.3. The number of hydrogen-bond acceptors (Lipinski definition) is 7. The Kier molecular flexibility index (Phi) is 6.58. The molecule has 2 fully saturated rings. The van der Waals surface area contributed by atoms with Crippen molar-refractivity contribution in [2.24, 2.45) is 11.7 Å². The van der Waals surface area contributed by atoms with E-state index in [0.717, 1.165) is 43.6 Å². The number of nitrogens with zero attached hydrogens (tertiary/aromatic N) is 3. The van der Waals surface area contributed by atoms with Crippen LogP contribution in [0.2, 0.25) is 0 Å². The third-order valence-corrected chi connectivity index (χ3v) is 7.30. The molecule has 1 atom stereocenters. The molecule has 3 aliphatic heterocycles. The van der Waals surface area contributed by atoms with Gasteiger partial charge in [-0.3, -0.25) is 24.5 Å². The van der Waals surface area contributed by atoms with E-state index in [1.165, 1.54) is 6.20 Å². The highest BCUT2D eigenvalue weighted by atomic mass is 16.5. The van der Waals surface area contributed by atoms with E-state index in [1.807, 2.05) is 18.2 Å². The van der Waals surface area contributed by atoms with Gasteiger partial charge in [0.05, 0.1) is 12.8 Å². The molecule has 1 aromatic heterocycles. The summed E-state index contributed by atoms with van der Waals surface area (Å²) in [5, 5.41) is 2.36. The molecule has 0 radical (unpaired) electrons. The molecule has 36 heavy (non-hydrogen) atoms. The molecule has 10 heteroatoms. The number of ether oxygens (including phenoxy) is 1. The molecule has 1 aromatic carbocycles. The van der Waals surface area contributed by atoms with Crippen molar-refractivity contribution < 1.29 is 23.9 Å². The Labute approximate surface area is 208 Å². The summed E-state index contributed by atoms with van der Waals surface area (Å²) < 4.78 is 5.79. The highest BCUT2D eigenvalue weighted by Gasteiger charge is 2.40. The van der Waals surface area contributed by atoms with E-state index in [0.29, 0.717) is 36.8 Å². The SMILES string of the molecule is NC(=O)c1ccc(OCCC2CCN(c3cccc4c3CN(C3CCC(=O)NC3=O)C4=O)CC2)cn1. The van der Waals surface area contributed by atoms with Gasteiger partial charge in [-0.1, -0.05) is 6.07 Å². The number of aromatic nitrogens is 1. The summed E-state index contributed by atoms with van der Waals surface area (Å²) in [6.07, 6.45) is 5.06. The number of imide groups is 1. The zero-order valence-electron chi connectivity index (χ0n) is 19.9. The molecule has 10 nitrogen and oxygen atoms in total. The number of nitrogens with two attached hydrogens (primary N) is 1. The molecule has 1 unspecified atom stereocenters. The summed E-state index contributed by atoms with van der Waals surface area (Å²) in [6, 6.07) is 8.42. The van der Waals surface area contributed by atoms with Gasteiger partial charge in [0, 0.05) is 42.9 Å². The van der Waals surface area contributed by atoms with Crippen LogP contribution in [0.1, 0.15) is 58.5 Å². The van der Waals surface area contributed by atoms with Gasteiger partial charge in [-0.2, -0.15) is 0 Å². The highest BCUT2D eigenvalue weighted by Crippen LogP contribution is 2.36. The van der Waals surface area contributed by atoms with Crippen LogP contribution in [0, 0.1) is 5.92 Å². The molecule has 0 saturated carbocycles. The summed E-state index contributed by atoms with van der Waals surface area (Å²) in [6.45, 7) is 2.70. The minimum Gasteiger partial charge on any atom is -0.492 e. The summed E-state index contributed by atoms with van der Waals surface area (Å²) in [4.78, 5) is 56.0. The fourth-order valence-electron chi connectivity index (χ4n) is 5.28. The van der Waals surface area contributed by atoms with E-state index in [9.17, 15) is 19.2 Å². The van der Waals surface area contributed by atoms with Crippen molar-refractivity contribution in [2.45, 2.75) is 44.7 Å². The maximum atomic E-state index is 13.1. The van der Waals surface area contributed by atoms with Gasteiger partial charge in [-0.25, -0.2) is 4.98 Å². The van der Waals surface area contributed by atoms with E-state index in [2.05, 4.69) is 15.2 Å². The number of nitrogens with one attached hydrogen (secondary N) is 1. The van der Waals surface area contributed by atoms with Crippen molar-refractivity contribution in [1.29, 1.82) is 0 Å². The summed E-state index contributed by atoms with van der Waals surface area (Å²) in [5.74, 6) is -0.249. The van der Waals surface area contributed by atoms with Crippen molar-refractivity contribution in [1.82, 2.24) is 15.2 Å². The van der Waals surface area contributed by atoms with Crippen LogP contribution in [-0.2, 0) is 16.1 Å². The number of carbonyl (C=O) groups is 4. The third kappa shape index (κ3) is 4.75. The maximum Gasteiger partial charge on any atom is 0.267 e. The number of amides is 4. The molecule has 3 N–H and O–H groups in total. The lowest BCUT2D eigenvalue weighted by molar-refractivity contribution is -0.136. The van der Waals surface area contributed by atoms with Gasteiger partial charge in [0.15, 0.2) is 0 Å². The largest absolute Gasteiger partial charge is 0.492 e. The number of pyridine rings is 1. The monoisotopic (exact) mass is 491 g/mol. The number of carbonyl (C=O) groups excluding carboxylic acids is 4. The normalized spacial score (nSPS) is 20.3. The fourth-order valence-corrected chi connectivity index (χ4v) is 5.28. The number of benzene rings is 1. The highest BCUT2D eigenvalue weighted by molar-refractivity contribution is 6.06. The smallest absolute Gasteiger partial charge is 0.267 e. The second kappa shape index (κ2) is 9.96. The average Bonchev–Trinajstić information content (AvgIpc) is 3.21. The average molecular weight is 492 g/mol. The maximum absolute atomic E-state index is 13.1. The molecule has 0 aliphatic carbocycles. The lowest BCUT2D eigenvalue weighted by atomic mass is 9.93. The van der Waals surface area contributed by atoms with Gasteiger partial charge in [0.1, 0.15) is 17.5 Å². The van der Waals surface area contributed by atoms with Crippen molar-refractivity contribution >= 4 is 29.3 Å². The first kappa shape index (κ1) is 23.8. The number of fused-ring (bicyclic) bond motifs is 1. The topological polar surface area (TPSA) is 135 Å². The number of anilines is 1. The molecular weight excluding hydrogens is 462 g/mol. The molecule has 4 amide bonds. The van der Waals surface area contributed by atoms with Gasteiger partial charge < -0.3 is 20.3 Å². The third-order valence-electron chi connectivity index (χ3n) is 7.30. The number of hydrogen-bond donors (Lipinski definition) is 2. The van der Waals surface area contributed by atoms with Crippen LogP contribution in [0.4, 0.5) is 5.69 Å². The van der Waals surface area contributed by atoms with Crippen molar-refractivity contribution in [3.63, 3.8) is 0 Å². The summed E-state index contributed by atoms with van der Waals surface area (Å²) >= 11 is 0. The van der Waals surface area contributed by atoms with E-state index in [1.54, 1.807) is 17.0 Å². The number of rotatable bonds is 7. The minimum absolute atomic E-state index is 0.147. The predicted octanol–water partition coefficient (Wildman–Crippen LogP) is 1.63. The van der Waals surface area contributed by atoms with E-state index in [4.69, 9.17) is 10.5 Å². The first-order chi connectivity index (χ1) is 17.4. The fraction of sp³-hybridized carbons (Fsp3) is 0.423. The Morgan fingerprint density at radius 2 is 1.92 bits per heavy atom. The number of primary amides is 1. The summed E-state index contributed by atoms with van der Waals surface area (Å²) in [5.41, 5.74) is 8.07. The zero-order chi connectivity index (χ0) is 25.2. The van der Waals surface area contributed by atoms with Crippen LogP contribution in [-0.4, -0.2) is 59.3 Å². The van der Waals surface area contributed by atoms with Crippen molar-refractivity contribution in [2.75, 3.05) is 24.6 Å². The lowest BCUT2D eigenvalue weighted by Crippen LogP contribution is -2.52. The van der Waals surface area contributed by atoms with Gasteiger partial charge in [0.2, 0.25) is 11.8 Å². The molecule has 0 spiro atoms. The zero-order valence-corrected chi connectivity index (χ0v) is 19.9. The van der Waals surface area contributed by atoms with Crippen LogP contribution >= 0.6 is 0 Å². The van der Waals surface area contributed by atoms with Gasteiger partial charge in [-0.05, 0) is 55.9 Å². The Balaban J connectivity index is 1.16. The molecule has 4 heterocycles. The Bertz CT molecular complexity index is 1190. The van der Waals surface area contributed by atoms with E-state index in [-0.39, 0.29) is 23.9 Å². The second-order valence-electron chi connectivity index (χ2n) is 9.51. The first-order valence-electron chi connectivity index (χ1n) is 12.3. The van der Waals surface area contributed by atoms with Crippen LogP contribution in [0.25, 0.3) is 0 Å². The van der Waals surface area contributed by atoms with E-state index < -0.39 is 17.9 Å². The molecule has 188 valence electrons. The van der Waals surface area contributed by atoms with Gasteiger partial charge in [-0.15, -0.1) is 0 Å². The lowest BCUT2D eigenvalue weighted by Gasteiger charge is -2.35. The second-order valence-corrected chi connectivity index (χ2v) is 9.51. The quantitative estimate of drug-likeness (QED) is 0.562. The molecule has 2 aromatic rings. The Hall–Kier alpha value is -3.95. The molecule has 5 rings (SSSR count). The van der Waals surface area contributed by atoms with Crippen LogP contribution < -0.4 is 20.7 Å². The summed E-state index contributed by atoms with van der Waals surface area (Å²) in [7, 11) is 0. The van der Waals surface area contributed by atoms with Crippen LogP contribution in [0.15, 0.2) is 36.5 Å².